The lowest BCUT2D eigenvalue weighted by atomic mass is 10.0. The molecular weight excluding hydrogens is 404 g/mol. The van der Waals surface area contributed by atoms with Gasteiger partial charge in [0.15, 0.2) is 5.69 Å². The number of benzene rings is 1. The minimum absolute atomic E-state index is 0. The number of carbonyl (C=O) groups is 1. The van der Waals surface area contributed by atoms with Gasteiger partial charge in [0.1, 0.15) is 0 Å². The highest BCUT2D eigenvalue weighted by Gasteiger charge is 2.41. The van der Waals surface area contributed by atoms with E-state index >= 15 is 0 Å². The molecule has 0 bridgehead atoms. The first-order chi connectivity index (χ1) is 12.3. The average Bonchev–Trinajstić information content (AvgIpc) is 3.07. The highest BCUT2D eigenvalue weighted by Crippen LogP contribution is 2.34. The third-order valence-electron chi connectivity index (χ3n) is 4.53. The molecule has 3 rings (SSSR count). The minimum Gasteiger partial charge on any atom is -0.338 e. The second kappa shape index (κ2) is 8.50. The summed E-state index contributed by atoms with van der Waals surface area (Å²) in [5.41, 5.74) is -1.31. The Bertz CT molecular complexity index is 784. The highest BCUT2D eigenvalue weighted by molar-refractivity contribution is 6.30. The highest BCUT2D eigenvalue weighted by atomic mass is 35.5. The largest absolute Gasteiger partial charge is 0.434 e. The summed E-state index contributed by atoms with van der Waals surface area (Å²) in [5, 5.41) is 7.35. The second-order valence-electron chi connectivity index (χ2n) is 6.15. The van der Waals surface area contributed by atoms with Crippen LogP contribution < -0.4 is 5.32 Å². The molecular formula is C17H19Cl2F3N4O. The van der Waals surface area contributed by atoms with E-state index in [0.717, 1.165) is 10.9 Å². The molecule has 1 amide bonds. The summed E-state index contributed by atoms with van der Waals surface area (Å²) < 4.78 is 41.8. The predicted octanol–water partition coefficient (Wildman–Crippen LogP) is 3.79. The Kier molecular flexibility index (Phi) is 6.77. The molecule has 1 aromatic carbocycles. The summed E-state index contributed by atoms with van der Waals surface area (Å²) >= 11 is 5.79. The maximum absolute atomic E-state index is 13.7. The summed E-state index contributed by atoms with van der Waals surface area (Å²) in [6, 6.07) is 6.08. The molecule has 0 radical (unpaired) electrons. The number of hydrogen-bond acceptors (Lipinski definition) is 3. The number of nitrogens with one attached hydrogen (secondary N) is 1. The van der Waals surface area contributed by atoms with E-state index in [-0.39, 0.29) is 24.1 Å². The zero-order valence-corrected chi connectivity index (χ0v) is 16.0. The van der Waals surface area contributed by atoms with Crippen LogP contribution in [0.15, 0.2) is 30.5 Å². The Morgan fingerprint density at radius 2 is 1.81 bits per heavy atom. The first-order valence-electron chi connectivity index (χ1n) is 8.19. The van der Waals surface area contributed by atoms with Crippen LogP contribution in [0.4, 0.5) is 13.2 Å². The minimum atomic E-state index is -4.72. The van der Waals surface area contributed by atoms with Crippen molar-refractivity contribution in [1.29, 1.82) is 0 Å². The summed E-state index contributed by atoms with van der Waals surface area (Å²) in [7, 11) is 1.83. The van der Waals surface area contributed by atoms with Crippen LogP contribution in [0, 0.1) is 0 Å². The molecule has 1 aliphatic heterocycles. The first kappa shape index (κ1) is 21.5. The van der Waals surface area contributed by atoms with E-state index in [1.165, 1.54) is 29.2 Å². The smallest absolute Gasteiger partial charge is 0.338 e. The number of likely N-dealkylation sites (tertiary alicyclic amines) is 1. The zero-order chi connectivity index (χ0) is 18.9. The van der Waals surface area contributed by atoms with Gasteiger partial charge in [-0.05, 0) is 44.2 Å². The van der Waals surface area contributed by atoms with Gasteiger partial charge in [-0.3, -0.25) is 4.79 Å². The lowest BCUT2D eigenvalue weighted by molar-refractivity contribution is -0.143. The van der Waals surface area contributed by atoms with E-state index in [9.17, 15) is 18.0 Å². The van der Waals surface area contributed by atoms with E-state index in [0.29, 0.717) is 31.0 Å². The molecule has 0 aliphatic carbocycles. The molecule has 2 heterocycles. The molecule has 1 N–H and O–H groups in total. The molecule has 1 aliphatic rings. The average molecular weight is 423 g/mol. The van der Waals surface area contributed by atoms with Gasteiger partial charge in [-0.25, -0.2) is 4.68 Å². The maximum Gasteiger partial charge on any atom is 0.434 e. The van der Waals surface area contributed by atoms with Crippen molar-refractivity contribution in [3.8, 4) is 5.69 Å². The summed E-state index contributed by atoms with van der Waals surface area (Å²) in [5.74, 6) is -0.646. The van der Waals surface area contributed by atoms with Crippen LogP contribution in [0.3, 0.4) is 0 Å². The first-order valence-corrected chi connectivity index (χ1v) is 8.56. The van der Waals surface area contributed by atoms with Gasteiger partial charge in [0, 0.05) is 24.2 Å². The lowest BCUT2D eigenvalue weighted by Crippen LogP contribution is -2.44. The molecule has 1 fully saturated rings. The number of amides is 1. The molecule has 0 saturated carbocycles. The van der Waals surface area contributed by atoms with Crippen LogP contribution in [0.1, 0.15) is 28.9 Å². The molecule has 1 aromatic heterocycles. The van der Waals surface area contributed by atoms with Crippen molar-refractivity contribution in [2.75, 3.05) is 20.1 Å². The quantitative estimate of drug-likeness (QED) is 0.818. The van der Waals surface area contributed by atoms with Gasteiger partial charge in [0.2, 0.25) is 0 Å². The molecule has 10 heteroatoms. The van der Waals surface area contributed by atoms with Crippen molar-refractivity contribution in [1.82, 2.24) is 20.0 Å². The summed E-state index contributed by atoms with van der Waals surface area (Å²) in [6.07, 6.45) is -2.32. The van der Waals surface area contributed by atoms with Gasteiger partial charge >= 0.3 is 6.18 Å². The third kappa shape index (κ3) is 4.56. The Balaban J connectivity index is 0.00000261. The van der Waals surface area contributed by atoms with Gasteiger partial charge in [0.05, 0.1) is 17.4 Å². The number of halogens is 5. The third-order valence-corrected chi connectivity index (χ3v) is 4.78. The van der Waals surface area contributed by atoms with E-state index < -0.39 is 23.3 Å². The summed E-state index contributed by atoms with van der Waals surface area (Å²) in [6.45, 7) is 0.821. The Labute approximate surface area is 165 Å². The van der Waals surface area contributed by atoms with Crippen LogP contribution in [-0.4, -0.2) is 46.8 Å². The van der Waals surface area contributed by atoms with Crippen molar-refractivity contribution in [3.63, 3.8) is 0 Å². The molecule has 0 spiro atoms. The SMILES string of the molecule is CNC1CCN(C(=O)c2cnn(-c3ccc(Cl)cc3)c2C(F)(F)F)CC1.Cl. The number of nitrogens with zero attached hydrogens (tertiary/aromatic N) is 3. The van der Waals surface area contributed by atoms with Crippen molar-refractivity contribution < 1.29 is 18.0 Å². The predicted molar refractivity (Wildman–Crippen MR) is 98.8 cm³/mol. The van der Waals surface area contributed by atoms with Crippen LogP contribution in [0.5, 0.6) is 0 Å². The number of piperidine rings is 1. The van der Waals surface area contributed by atoms with E-state index in [1.807, 2.05) is 7.05 Å². The van der Waals surface area contributed by atoms with Gasteiger partial charge in [-0.1, -0.05) is 11.6 Å². The lowest BCUT2D eigenvalue weighted by Gasteiger charge is -2.31. The zero-order valence-electron chi connectivity index (χ0n) is 14.5. The number of rotatable bonds is 3. The second-order valence-corrected chi connectivity index (χ2v) is 6.58. The van der Waals surface area contributed by atoms with Crippen LogP contribution >= 0.6 is 24.0 Å². The normalized spacial score (nSPS) is 15.5. The fourth-order valence-electron chi connectivity index (χ4n) is 3.10. The fraction of sp³-hybridized carbons (Fsp3) is 0.412. The van der Waals surface area contributed by atoms with Crippen LogP contribution in [-0.2, 0) is 6.18 Å². The Morgan fingerprint density at radius 1 is 1.22 bits per heavy atom. The number of hydrogen-bond donors (Lipinski definition) is 1. The van der Waals surface area contributed by atoms with Crippen LogP contribution in [0.2, 0.25) is 5.02 Å². The van der Waals surface area contributed by atoms with Crippen molar-refractivity contribution in [2.45, 2.75) is 25.1 Å². The van der Waals surface area contributed by atoms with Crippen molar-refractivity contribution >= 4 is 29.9 Å². The van der Waals surface area contributed by atoms with Gasteiger partial charge in [-0.2, -0.15) is 18.3 Å². The number of aromatic nitrogens is 2. The van der Waals surface area contributed by atoms with E-state index in [2.05, 4.69) is 10.4 Å². The number of carbonyl (C=O) groups excluding carboxylic acids is 1. The molecule has 2 aromatic rings. The topological polar surface area (TPSA) is 50.2 Å². The molecule has 1 saturated heterocycles. The Morgan fingerprint density at radius 3 is 2.33 bits per heavy atom. The summed E-state index contributed by atoms with van der Waals surface area (Å²) in [4.78, 5) is 14.1. The van der Waals surface area contributed by atoms with Crippen molar-refractivity contribution in [2.24, 2.45) is 0 Å². The number of alkyl halides is 3. The molecule has 0 atom stereocenters. The molecule has 27 heavy (non-hydrogen) atoms. The molecule has 0 unspecified atom stereocenters. The van der Waals surface area contributed by atoms with Crippen molar-refractivity contribution in [3.05, 3.63) is 46.7 Å². The van der Waals surface area contributed by atoms with Crippen LogP contribution in [0.25, 0.3) is 5.69 Å². The molecule has 5 nitrogen and oxygen atoms in total. The molecule has 148 valence electrons. The van der Waals surface area contributed by atoms with Gasteiger partial charge in [0.25, 0.3) is 5.91 Å². The Hall–Kier alpha value is -1.77. The fourth-order valence-corrected chi connectivity index (χ4v) is 3.22. The van der Waals surface area contributed by atoms with E-state index in [4.69, 9.17) is 11.6 Å². The van der Waals surface area contributed by atoms with E-state index in [1.54, 1.807) is 0 Å². The van der Waals surface area contributed by atoms with Gasteiger partial charge < -0.3 is 10.2 Å². The maximum atomic E-state index is 13.7. The van der Waals surface area contributed by atoms with Gasteiger partial charge in [-0.15, -0.1) is 12.4 Å². The monoisotopic (exact) mass is 422 g/mol. The standard InChI is InChI=1S/C17H18ClF3N4O.ClH/c1-22-12-6-8-24(9-7-12)16(26)14-10-23-25(15(14)17(19,20)21)13-4-2-11(18)3-5-13;/h2-5,10,12,22H,6-9H2,1H3;1H.